The molecule has 4 aliphatic carbocycles. The minimum Gasteiger partial charge on any atom is -0.472 e. The predicted molar refractivity (Wildman–Crippen MR) is 107 cm³/mol. The topological polar surface area (TPSA) is 62.8 Å². The molecule has 8 atom stereocenters. The Kier molecular flexibility index (Phi) is 4.16. The first-order valence-electron chi connectivity index (χ1n) is 11.3. The molecular formula is C24H36O4. The van der Waals surface area contributed by atoms with Gasteiger partial charge in [-0.25, -0.2) is 0 Å². The van der Waals surface area contributed by atoms with E-state index in [-0.39, 0.29) is 16.9 Å². The number of methoxy groups -OCH3 is 1. The van der Waals surface area contributed by atoms with Crippen LogP contribution in [0.1, 0.15) is 77.2 Å². The summed E-state index contributed by atoms with van der Waals surface area (Å²) in [5.74, 6) is 1.48. The van der Waals surface area contributed by atoms with Gasteiger partial charge in [0, 0.05) is 18.1 Å². The zero-order chi connectivity index (χ0) is 19.8. The average molecular weight is 389 g/mol. The van der Waals surface area contributed by atoms with Crippen molar-refractivity contribution >= 4 is 0 Å². The van der Waals surface area contributed by atoms with Gasteiger partial charge in [0.1, 0.15) is 5.60 Å². The fourth-order valence-electron chi connectivity index (χ4n) is 8.60. The molecule has 0 unspecified atom stereocenters. The van der Waals surface area contributed by atoms with Gasteiger partial charge < -0.3 is 19.4 Å². The van der Waals surface area contributed by atoms with Crippen molar-refractivity contribution in [3.8, 4) is 0 Å². The maximum atomic E-state index is 12.3. The molecule has 0 saturated heterocycles. The van der Waals surface area contributed by atoms with Crippen LogP contribution in [0, 0.1) is 28.6 Å². The minimum atomic E-state index is -0.701. The summed E-state index contributed by atoms with van der Waals surface area (Å²) in [5, 5.41) is 22.6. The highest BCUT2D eigenvalue weighted by Crippen LogP contribution is 2.72. The molecule has 4 saturated carbocycles. The third-order valence-electron chi connectivity index (χ3n) is 10.3. The van der Waals surface area contributed by atoms with Crippen molar-refractivity contribution in [1.82, 2.24) is 0 Å². The third kappa shape index (κ3) is 2.12. The number of ether oxygens (including phenoxy) is 1. The van der Waals surface area contributed by atoms with Crippen molar-refractivity contribution < 1.29 is 19.4 Å². The minimum absolute atomic E-state index is 0.125. The van der Waals surface area contributed by atoms with Crippen LogP contribution >= 0.6 is 0 Å². The number of fused-ring (bicyclic) bond motifs is 5. The molecule has 5 rings (SSSR count). The Labute approximate surface area is 168 Å². The van der Waals surface area contributed by atoms with E-state index in [1.807, 2.05) is 12.3 Å². The summed E-state index contributed by atoms with van der Waals surface area (Å²) in [6.45, 7) is 4.73. The van der Waals surface area contributed by atoms with Gasteiger partial charge in [0.2, 0.25) is 0 Å². The summed E-state index contributed by atoms with van der Waals surface area (Å²) in [6.07, 6.45) is 12.4. The van der Waals surface area contributed by atoms with E-state index >= 15 is 0 Å². The van der Waals surface area contributed by atoms with Gasteiger partial charge in [-0.3, -0.25) is 0 Å². The Morgan fingerprint density at radius 3 is 2.57 bits per heavy atom. The SMILES string of the molecule is CO[C@]1(c2ccoc2)CC[C@]2(O)[C@@H]3CC[C@@H]4C[C@@H](O)CC[C@]4(C)[C@H]3CC[C@]12C. The van der Waals surface area contributed by atoms with Crippen LogP contribution in [-0.4, -0.2) is 29.0 Å². The number of aliphatic hydroxyl groups excluding tert-OH is 1. The van der Waals surface area contributed by atoms with E-state index in [1.54, 1.807) is 13.4 Å². The van der Waals surface area contributed by atoms with Gasteiger partial charge in [0.15, 0.2) is 0 Å². The molecule has 0 aliphatic heterocycles. The van der Waals surface area contributed by atoms with E-state index in [4.69, 9.17) is 9.15 Å². The second kappa shape index (κ2) is 6.09. The molecule has 28 heavy (non-hydrogen) atoms. The monoisotopic (exact) mass is 388 g/mol. The summed E-state index contributed by atoms with van der Waals surface area (Å²) in [6, 6.07) is 2.02. The first-order valence-corrected chi connectivity index (χ1v) is 11.3. The van der Waals surface area contributed by atoms with Crippen molar-refractivity contribution in [2.45, 2.75) is 88.9 Å². The van der Waals surface area contributed by atoms with Crippen molar-refractivity contribution in [2.24, 2.45) is 28.6 Å². The van der Waals surface area contributed by atoms with E-state index in [0.717, 1.165) is 63.4 Å². The molecule has 0 bridgehead atoms. The molecule has 0 spiro atoms. The van der Waals surface area contributed by atoms with Gasteiger partial charge in [-0.05, 0) is 87.0 Å². The lowest BCUT2D eigenvalue weighted by molar-refractivity contribution is -0.243. The number of furan rings is 1. The molecule has 0 amide bonds. The van der Waals surface area contributed by atoms with Crippen LogP contribution in [0.15, 0.2) is 23.0 Å². The summed E-state index contributed by atoms with van der Waals surface area (Å²) in [7, 11) is 1.80. The Hall–Kier alpha value is -0.840. The van der Waals surface area contributed by atoms with E-state index in [1.165, 1.54) is 0 Å². The number of aliphatic hydroxyl groups is 2. The van der Waals surface area contributed by atoms with Crippen molar-refractivity contribution in [3.63, 3.8) is 0 Å². The fraction of sp³-hybridized carbons (Fsp3) is 0.833. The number of hydrogen-bond donors (Lipinski definition) is 2. The quantitative estimate of drug-likeness (QED) is 0.775. The van der Waals surface area contributed by atoms with Crippen molar-refractivity contribution in [1.29, 1.82) is 0 Å². The molecule has 4 nitrogen and oxygen atoms in total. The van der Waals surface area contributed by atoms with Gasteiger partial charge in [-0.2, -0.15) is 0 Å². The molecule has 4 aliphatic rings. The Morgan fingerprint density at radius 1 is 1.04 bits per heavy atom. The first kappa shape index (κ1) is 19.1. The number of hydrogen-bond acceptors (Lipinski definition) is 4. The highest BCUT2D eigenvalue weighted by atomic mass is 16.5. The van der Waals surface area contributed by atoms with Crippen molar-refractivity contribution in [2.75, 3.05) is 7.11 Å². The van der Waals surface area contributed by atoms with E-state index in [2.05, 4.69) is 13.8 Å². The molecule has 4 heteroatoms. The molecular weight excluding hydrogens is 352 g/mol. The molecule has 1 aromatic heterocycles. The largest absolute Gasteiger partial charge is 0.472 e. The van der Waals surface area contributed by atoms with Crippen LogP contribution in [0.25, 0.3) is 0 Å². The zero-order valence-electron chi connectivity index (χ0n) is 17.6. The van der Waals surface area contributed by atoms with Gasteiger partial charge in [-0.1, -0.05) is 13.8 Å². The zero-order valence-corrected chi connectivity index (χ0v) is 17.6. The molecule has 0 radical (unpaired) electrons. The van der Waals surface area contributed by atoms with Gasteiger partial charge in [0.25, 0.3) is 0 Å². The summed E-state index contributed by atoms with van der Waals surface area (Å²) in [4.78, 5) is 0. The van der Waals surface area contributed by atoms with Crippen LogP contribution < -0.4 is 0 Å². The van der Waals surface area contributed by atoms with Crippen LogP contribution in [0.3, 0.4) is 0 Å². The summed E-state index contributed by atoms with van der Waals surface area (Å²) >= 11 is 0. The molecule has 1 aromatic rings. The lowest BCUT2D eigenvalue weighted by Crippen LogP contribution is -2.64. The number of rotatable bonds is 2. The van der Waals surface area contributed by atoms with E-state index in [9.17, 15) is 10.2 Å². The Morgan fingerprint density at radius 2 is 1.86 bits per heavy atom. The second-order valence-corrected chi connectivity index (χ2v) is 10.8. The lowest BCUT2D eigenvalue weighted by Gasteiger charge is -2.64. The lowest BCUT2D eigenvalue weighted by atomic mass is 9.43. The maximum Gasteiger partial charge on any atom is 0.104 e. The molecule has 1 heterocycles. The summed E-state index contributed by atoms with van der Waals surface area (Å²) < 4.78 is 11.7. The van der Waals surface area contributed by atoms with Crippen molar-refractivity contribution in [3.05, 3.63) is 24.2 Å². The average Bonchev–Trinajstić information content (AvgIpc) is 3.28. The smallest absolute Gasteiger partial charge is 0.104 e. The molecule has 4 fully saturated rings. The van der Waals surface area contributed by atoms with Crippen LogP contribution in [-0.2, 0) is 10.3 Å². The molecule has 2 N–H and O–H groups in total. The summed E-state index contributed by atoms with van der Waals surface area (Å²) in [5.41, 5.74) is -0.148. The van der Waals surface area contributed by atoms with Gasteiger partial charge in [-0.15, -0.1) is 0 Å². The standard InChI is InChI=1S/C24H36O4/c1-21-9-6-18(25)14-16(21)4-5-20-19(21)7-10-22(2)23(20,26)11-12-24(22,27-3)17-8-13-28-15-17/h8,13,15-16,18-20,25-26H,4-7,9-12,14H2,1-3H3/t16-,18+,19+,20-,21+,22+,23+,24+/m1/s1. The second-order valence-electron chi connectivity index (χ2n) is 10.8. The first-order chi connectivity index (χ1) is 13.3. The normalized spacial score (nSPS) is 53.3. The van der Waals surface area contributed by atoms with E-state index in [0.29, 0.717) is 17.8 Å². The van der Waals surface area contributed by atoms with Gasteiger partial charge >= 0.3 is 0 Å². The highest BCUT2D eigenvalue weighted by Gasteiger charge is 2.72. The van der Waals surface area contributed by atoms with Gasteiger partial charge in [0.05, 0.1) is 24.2 Å². The molecule has 156 valence electrons. The highest BCUT2D eigenvalue weighted by molar-refractivity contribution is 5.31. The predicted octanol–water partition coefficient (Wildman–Crippen LogP) is 4.64. The van der Waals surface area contributed by atoms with E-state index < -0.39 is 11.2 Å². The molecule has 0 aromatic carbocycles. The van der Waals surface area contributed by atoms with Crippen LogP contribution in [0.5, 0.6) is 0 Å². The van der Waals surface area contributed by atoms with Crippen LogP contribution in [0.2, 0.25) is 0 Å². The Balaban J connectivity index is 1.54. The Bertz CT molecular complexity index is 731. The third-order valence-corrected chi connectivity index (χ3v) is 10.3. The van der Waals surface area contributed by atoms with Crippen LogP contribution in [0.4, 0.5) is 0 Å². The maximum absolute atomic E-state index is 12.3. The fourth-order valence-corrected chi connectivity index (χ4v) is 8.60.